The van der Waals surface area contributed by atoms with Crippen LogP contribution in [0.3, 0.4) is 0 Å². The van der Waals surface area contributed by atoms with Crippen molar-refractivity contribution in [3.8, 4) is 0 Å². The smallest absolute Gasteiger partial charge is 0.129 e. The third kappa shape index (κ3) is 3.93. The van der Waals surface area contributed by atoms with Crippen LogP contribution in [0.2, 0.25) is 0 Å². The molecule has 1 aromatic rings. The van der Waals surface area contributed by atoms with Gasteiger partial charge in [-0.3, -0.25) is 0 Å². The average Bonchev–Trinajstić information content (AvgIpc) is 2.40. The number of aryl methyl sites for hydroxylation is 1. The average molecular weight is 326 g/mol. The van der Waals surface area contributed by atoms with Gasteiger partial charge in [0.25, 0.3) is 0 Å². The Bertz CT molecular complexity index is 414. The van der Waals surface area contributed by atoms with Crippen LogP contribution in [0, 0.1) is 12.8 Å². The van der Waals surface area contributed by atoms with Gasteiger partial charge in [-0.05, 0) is 80.2 Å². The van der Waals surface area contributed by atoms with Crippen LogP contribution in [0.4, 0.5) is 5.82 Å². The first-order valence-electron chi connectivity index (χ1n) is 7.17. The highest BCUT2D eigenvalue weighted by Gasteiger charge is 2.20. The third-order valence-corrected chi connectivity index (χ3v) is 4.63. The lowest BCUT2D eigenvalue weighted by Gasteiger charge is -2.34. The minimum Gasteiger partial charge on any atom is -0.354 e. The highest BCUT2D eigenvalue weighted by molar-refractivity contribution is 9.10. The quantitative estimate of drug-likeness (QED) is 0.919. The third-order valence-electron chi connectivity index (χ3n) is 3.80. The Hall–Kier alpha value is -0.610. The molecule has 19 heavy (non-hydrogen) atoms. The molecule has 0 saturated carbocycles. The molecule has 1 fully saturated rings. The number of aromatic nitrogens is 1. The van der Waals surface area contributed by atoms with Gasteiger partial charge in [-0.15, -0.1) is 0 Å². The van der Waals surface area contributed by atoms with E-state index in [4.69, 9.17) is 0 Å². The van der Waals surface area contributed by atoms with Crippen molar-refractivity contribution >= 4 is 21.7 Å². The zero-order valence-electron chi connectivity index (χ0n) is 12.1. The molecule has 1 atom stereocenters. The van der Waals surface area contributed by atoms with Gasteiger partial charge < -0.3 is 10.2 Å². The van der Waals surface area contributed by atoms with Crippen molar-refractivity contribution in [2.45, 2.75) is 39.7 Å². The normalized spacial score (nSPS) is 19.7. The molecule has 1 unspecified atom stereocenters. The first-order chi connectivity index (χ1) is 9.08. The van der Waals surface area contributed by atoms with Crippen LogP contribution in [0.1, 0.15) is 32.3 Å². The molecule has 1 aliphatic heterocycles. The number of rotatable bonds is 4. The summed E-state index contributed by atoms with van der Waals surface area (Å²) in [5.41, 5.74) is 1.25. The van der Waals surface area contributed by atoms with Crippen molar-refractivity contribution in [2.75, 3.05) is 24.5 Å². The molecule has 4 heteroatoms. The molecule has 106 valence electrons. The zero-order chi connectivity index (χ0) is 13.8. The van der Waals surface area contributed by atoms with Gasteiger partial charge in [0, 0.05) is 23.3 Å². The summed E-state index contributed by atoms with van der Waals surface area (Å²) < 4.78 is 1.08. The lowest BCUT2D eigenvalue weighted by atomic mass is 9.98. The zero-order valence-corrected chi connectivity index (χ0v) is 13.7. The van der Waals surface area contributed by atoms with Gasteiger partial charge in [0.1, 0.15) is 5.82 Å². The second-order valence-corrected chi connectivity index (χ2v) is 6.60. The van der Waals surface area contributed by atoms with E-state index in [-0.39, 0.29) is 0 Å². The van der Waals surface area contributed by atoms with E-state index in [0.717, 1.165) is 29.3 Å². The van der Waals surface area contributed by atoms with E-state index in [0.29, 0.717) is 6.04 Å². The first-order valence-corrected chi connectivity index (χ1v) is 7.96. The van der Waals surface area contributed by atoms with Crippen LogP contribution in [-0.4, -0.2) is 30.7 Å². The molecule has 1 aliphatic rings. The summed E-state index contributed by atoms with van der Waals surface area (Å²) in [5.74, 6) is 1.84. The van der Waals surface area contributed by atoms with E-state index in [9.17, 15) is 0 Å². The van der Waals surface area contributed by atoms with Crippen LogP contribution in [0.25, 0.3) is 0 Å². The van der Waals surface area contributed by atoms with Crippen molar-refractivity contribution in [2.24, 2.45) is 5.92 Å². The summed E-state index contributed by atoms with van der Waals surface area (Å²) in [5, 5.41) is 3.50. The van der Waals surface area contributed by atoms with Crippen LogP contribution in [0.5, 0.6) is 0 Å². The van der Waals surface area contributed by atoms with Crippen molar-refractivity contribution in [1.82, 2.24) is 10.3 Å². The Morgan fingerprint density at radius 1 is 1.53 bits per heavy atom. The van der Waals surface area contributed by atoms with E-state index in [1.54, 1.807) is 0 Å². The molecular weight excluding hydrogens is 302 g/mol. The standard InChI is InChI=1S/C15H24BrN3/c1-11(2)19(10-13-5-4-6-17-8-13)15-7-12(3)14(16)9-18-15/h7,9,11,13,17H,4-6,8,10H2,1-3H3. The lowest BCUT2D eigenvalue weighted by Crippen LogP contribution is -2.41. The van der Waals surface area contributed by atoms with E-state index in [2.05, 4.69) is 58.0 Å². The highest BCUT2D eigenvalue weighted by Crippen LogP contribution is 2.23. The van der Waals surface area contributed by atoms with Gasteiger partial charge in [0.05, 0.1) is 0 Å². The van der Waals surface area contributed by atoms with Crippen molar-refractivity contribution in [3.05, 3.63) is 22.3 Å². The Kier molecular flexibility index (Phi) is 5.22. The van der Waals surface area contributed by atoms with Crippen molar-refractivity contribution in [1.29, 1.82) is 0 Å². The number of nitrogens with zero attached hydrogens (tertiary/aromatic N) is 2. The van der Waals surface area contributed by atoms with E-state index in [1.165, 1.54) is 24.9 Å². The molecule has 2 rings (SSSR count). The Morgan fingerprint density at radius 2 is 2.32 bits per heavy atom. The molecule has 2 heterocycles. The van der Waals surface area contributed by atoms with Gasteiger partial charge >= 0.3 is 0 Å². The Labute approximate surface area is 124 Å². The SMILES string of the molecule is Cc1cc(N(CC2CCCNC2)C(C)C)ncc1Br. The molecule has 0 aromatic carbocycles. The Balaban J connectivity index is 2.12. The number of hydrogen-bond donors (Lipinski definition) is 1. The van der Waals surface area contributed by atoms with E-state index >= 15 is 0 Å². The maximum Gasteiger partial charge on any atom is 0.129 e. The van der Waals surface area contributed by atoms with Crippen LogP contribution in [0.15, 0.2) is 16.7 Å². The largest absolute Gasteiger partial charge is 0.354 e. The van der Waals surface area contributed by atoms with Gasteiger partial charge in [-0.1, -0.05) is 0 Å². The molecule has 0 bridgehead atoms. The monoisotopic (exact) mass is 325 g/mol. The second-order valence-electron chi connectivity index (χ2n) is 5.75. The topological polar surface area (TPSA) is 28.2 Å². The first kappa shape index (κ1) is 14.8. The highest BCUT2D eigenvalue weighted by atomic mass is 79.9. The van der Waals surface area contributed by atoms with Crippen molar-refractivity contribution < 1.29 is 0 Å². The summed E-state index contributed by atoms with van der Waals surface area (Å²) in [6, 6.07) is 2.66. The van der Waals surface area contributed by atoms with Crippen LogP contribution < -0.4 is 10.2 Å². The van der Waals surface area contributed by atoms with E-state index < -0.39 is 0 Å². The summed E-state index contributed by atoms with van der Waals surface area (Å²) in [6.07, 6.45) is 4.54. The number of pyridine rings is 1. The number of nitrogens with one attached hydrogen (secondary N) is 1. The molecular formula is C15H24BrN3. The summed E-state index contributed by atoms with van der Waals surface area (Å²) in [7, 11) is 0. The molecule has 1 saturated heterocycles. The van der Waals surface area contributed by atoms with Crippen LogP contribution in [-0.2, 0) is 0 Å². The predicted molar refractivity (Wildman–Crippen MR) is 84.7 cm³/mol. The second kappa shape index (κ2) is 6.71. The molecule has 0 amide bonds. The fourth-order valence-corrected chi connectivity index (χ4v) is 2.83. The van der Waals surface area contributed by atoms with Crippen molar-refractivity contribution in [3.63, 3.8) is 0 Å². The molecule has 1 aromatic heterocycles. The van der Waals surface area contributed by atoms with Gasteiger partial charge in [0.15, 0.2) is 0 Å². The minimum absolute atomic E-state index is 0.481. The molecule has 0 spiro atoms. The number of halogens is 1. The maximum absolute atomic E-state index is 4.58. The summed E-state index contributed by atoms with van der Waals surface area (Å²) in [6.45, 7) is 10.0. The maximum atomic E-state index is 4.58. The van der Waals surface area contributed by atoms with E-state index in [1.807, 2.05) is 6.20 Å². The minimum atomic E-state index is 0.481. The molecule has 0 aliphatic carbocycles. The van der Waals surface area contributed by atoms with Gasteiger partial charge in [-0.25, -0.2) is 4.98 Å². The number of piperidine rings is 1. The van der Waals surface area contributed by atoms with Crippen LogP contribution >= 0.6 is 15.9 Å². The van der Waals surface area contributed by atoms with Gasteiger partial charge in [0.2, 0.25) is 0 Å². The molecule has 0 radical (unpaired) electrons. The molecule has 1 N–H and O–H groups in total. The number of hydrogen-bond acceptors (Lipinski definition) is 3. The lowest BCUT2D eigenvalue weighted by molar-refractivity contribution is 0.370. The Morgan fingerprint density at radius 3 is 2.89 bits per heavy atom. The fraction of sp³-hybridized carbons (Fsp3) is 0.667. The van der Waals surface area contributed by atoms with Gasteiger partial charge in [-0.2, -0.15) is 0 Å². The summed E-state index contributed by atoms with van der Waals surface area (Å²) in [4.78, 5) is 7.01. The predicted octanol–water partition coefficient (Wildman–Crippen LogP) is 3.37. The summed E-state index contributed by atoms with van der Waals surface area (Å²) >= 11 is 3.52. The fourth-order valence-electron chi connectivity index (χ4n) is 2.61. The molecule has 3 nitrogen and oxygen atoms in total. The number of anilines is 1.